The Labute approximate surface area is 153 Å². The first-order valence-electron chi connectivity index (χ1n) is 7.89. The Kier molecular flexibility index (Phi) is 5.69. The molecule has 2 heterocycles. The Bertz CT molecular complexity index is 806. The highest BCUT2D eigenvalue weighted by Crippen LogP contribution is 2.36. The maximum Gasteiger partial charge on any atom is 0.323 e. The molecule has 1 aliphatic rings. The summed E-state index contributed by atoms with van der Waals surface area (Å²) >= 11 is 1.41. The minimum atomic E-state index is -1.06. The summed E-state index contributed by atoms with van der Waals surface area (Å²) in [6.45, 7) is 0.345. The molecule has 1 aliphatic heterocycles. The van der Waals surface area contributed by atoms with Crippen molar-refractivity contribution in [2.45, 2.75) is 6.42 Å². The molecule has 1 aromatic carbocycles. The van der Waals surface area contributed by atoms with Gasteiger partial charge in [-0.1, -0.05) is 0 Å². The summed E-state index contributed by atoms with van der Waals surface area (Å²) in [4.78, 5) is 29.1. The predicted molar refractivity (Wildman–Crippen MR) is 93.5 cm³/mol. The number of ether oxygens (including phenoxy) is 3. The average Bonchev–Trinajstić information content (AvgIpc) is 3.26. The number of methoxy groups -OCH3 is 1. The van der Waals surface area contributed by atoms with Crippen molar-refractivity contribution >= 4 is 23.2 Å². The van der Waals surface area contributed by atoms with E-state index in [4.69, 9.17) is 19.3 Å². The molecule has 0 aliphatic carbocycles. The Morgan fingerprint density at radius 2 is 2.15 bits per heavy atom. The van der Waals surface area contributed by atoms with Gasteiger partial charge in [-0.05, 0) is 18.2 Å². The summed E-state index contributed by atoms with van der Waals surface area (Å²) in [6.07, 6.45) is 0.0397. The molecule has 26 heavy (non-hydrogen) atoms. The monoisotopic (exact) mass is 378 g/mol. The van der Waals surface area contributed by atoms with Gasteiger partial charge in [0.2, 0.25) is 12.7 Å². The second-order valence-corrected chi connectivity index (χ2v) is 6.45. The fourth-order valence-electron chi connectivity index (χ4n) is 2.47. The second kappa shape index (κ2) is 8.15. The summed E-state index contributed by atoms with van der Waals surface area (Å²) < 4.78 is 15.6. The Morgan fingerprint density at radius 3 is 2.92 bits per heavy atom. The molecule has 0 fully saturated rings. The van der Waals surface area contributed by atoms with Gasteiger partial charge in [-0.15, -0.1) is 11.3 Å². The lowest BCUT2D eigenvalue weighted by atomic mass is 10.2. The third-order valence-electron chi connectivity index (χ3n) is 3.75. The number of rotatable bonds is 8. The molecule has 0 saturated carbocycles. The number of hydrogen-bond acceptors (Lipinski definition) is 7. The van der Waals surface area contributed by atoms with Crippen molar-refractivity contribution in [1.29, 1.82) is 0 Å². The number of hydrogen-bond donors (Lipinski definition) is 1. The third-order valence-corrected chi connectivity index (χ3v) is 4.69. The van der Waals surface area contributed by atoms with E-state index in [0.29, 0.717) is 17.2 Å². The van der Waals surface area contributed by atoms with Gasteiger partial charge in [-0.25, -0.2) is 4.98 Å². The fourth-order valence-corrected chi connectivity index (χ4v) is 3.29. The number of benzene rings is 1. The molecule has 0 atom stereocenters. The molecule has 1 amide bonds. The van der Waals surface area contributed by atoms with Crippen molar-refractivity contribution in [1.82, 2.24) is 9.88 Å². The van der Waals surface area contributed by atoms with Crippen LogP contribution in [0.25, 0.3) is 10.6 Å². The van der Waals surface area contributed by atoms with E-state index in [1.807, 2.05) is 18.2 Å². The SMILES string of the molecule is COCCN(CC(=O)O)C(=O)Cc1csc(-c2ccc3c(c2)OCO3)n1. The van der Waals surface area contributed by atoms with E-state index < -0.39 is 5.97 Å². The standard InChI is InChI=1S/C17H18N2O6S/c1-23-5-4-19(8-16(21)22)15(20)7-12-9-26-17(18-12)11-2-3-13-14(6-11)25-10-24-13/h2-3,6,9H,4-5,7-8,10H2,1H3,(H,21,22). The minimum absolute atomic E-state index is 0.0397. The molecule has 0 saturated heterocycles. The van der Waals surface area contributed by atoms with Crippen LogP contribution in [0.3, 0.4) is 0 Å². The smallest absolute Gasteiger partial charge is 0.323 e. The van der Waals surface area contributed by atoms with E-state index in [1.165, 1.54) is 23.3 Å². The van der Waals surface area contributed by atoms with Gasteiger partial charge in [0.15, 0.2) is 11.5 Å². The molecule has 9 heteroatoms. The van der Waals surface area contributed by atoms with Crippen LogP contribution in [0, 0.1) is 0 Å². The maximum absolute atomic E-state index is 12.4. The van der Waals surface area contributed by atoms with E-state index in [1.54, 1.807) is 5.38 Å². The maximum atomic E-state index is 12.4. The molecular weight excluding hydrogens is 360 g/mol. The van der Waals surface area contributed by atoms with Gasteiger partial charge in [0, 0.05) is 24.6 Å². The van der Waals surface area contributed by atoms with Crippen LogP contribution in [0.4, 0.5) is 0 Å². The molecule has 3 rings (SSSR count). The van der Waals surface area contributed by atoms with Gasteiger partial charge in [0.05, 0.1) is 18.7 Å². The number of aromatic nitrogens is 1. The Balaban J connectivity index is 1.68. The normalized spacial score (nSPS) is 12.2. The lowest BCUT2D eigenvalue weighted by molar-refractivity contribution is -0.144. The zero-order chi connectivity index (χ0) is 18.5. The minimum Gasteiger partial charge on any atom is -0.480 e. The summed E-state index contributed by atoms with van der Waals surface area (Å²) in [5.41, 5.74) is 1.47. The quantitative estimate of drug-likeness (QED) is 0.746. The van der Waals surface area contributed by atoms with Crippen LogP contribution in [0.15, 0.2) is 23.6 Å². The van der Waals surface area contributed by atoms with Gasteiger partial charge in [0.1, 0.15) is 11.6 Å². The molecule has 0 unspecified atom stereocenters. The Morgan fingerprint density at radius 1 is 1.35 bits per heavy atom. The van der Waals surface area contributed by atoms with Crippen molar-refractivity contribution < 1.29 is 28.9 Å². The molecule has 2 aromatic rings. The second-order valence-electron chi connectivity index (χ2n) is 5.59. The topological polar surface area (TPSA) is 98.2 Å². The van der Waals surface area contributed by atoms with Crippen LogP contribution >= 0.6 is 11.3 Å². The van der Waals surface area contributed by atoms with E-state index in [9.17, 15) is 9.59 Å². The first kappa shape index (κ1) is 18.2. The molecular formula is C17H18N2O6S. The van der Waals surface area contributed by atoms with E-state index in [2.05, 4.69) is 4.98 Å². The highest BCUT2D eigenvalue weighted by Gasteiger charge is 2.19. The highest BCUT2D eigenvalue weighted by molar-refractivity contribution is 7.13. The lowest BCUT2D eigenvalue weighted by Gasteiger charge is -2.19. The van der Waals surface area contributed by atoms with Gasteiger partial charge in [0.25, 0.3) is 0 Å². The summed E-state index contributed by atoms with van der Waals surface area (Å²) in [6, 6.07) is 5.55. The largest absolute Gasteiger partial charge is 0.480 e. The third kappa shape index (κ3) is 4.30. The highest BCUT2D eigenvalue weighted by atomic mass is 32.1. The zero-order valence-corrected chi connectivity index (χ0v) is 15.0. The van der Waals surface area contributed by atoms with Crippen LogP contribution in [-0.4, -0.2) is 60.5 Å². The molecule has 1 aromatic heterocycles. The van der Waals surface area contributed by atoms with Crippen molar-refractivity contribution in [3.63, 3.8) is 0 Å². The number of carbonyl (C=O) groups is 2. The first-order valence-corrected chi connectivity index (χ1v) is 8.77. The predicted octanol–water partition coefficient (Wildman–Crippen LogP) is 1.64. The van der Waals surface area contributed by atoms with Gasteiger partial charge in [-0.2, -0.15) is 0 Å². The van der Waals surface area contributed by atoms with E-state index in [-0.39, 0.29) is 38.8 Å². The number of nitrogens with zero attached hydrogens (tertiary/aromatic N) is 2. The molecule has 0 radical (unpaired) electrons. The van der Waals surface area contributed by atoms with Crippen LogP contribution in [-0.2, 0) is 20.7 Å². The summed E-state index contributed by atoms with van der Waals surface area (Å²) in [5, 5.41) is 11.5. The van der Waals surface area contributed by atoms with Crippen LogP contribution < -0.4 is 9.47 Å². The zero-order valence-electron chi connectivity index (χ0n) is 14.1. The molecule has 138 valence electrons. The number of amides is 1. The molecule has 0 spiro atoms. The molecule has 1 N–H and O–H groups in total. The number of aliphatic carboxylic acids is 1. The Hall–Kier alpha value is -2.65. The molecule has 8 nitrogen and oxygen atoms in total. The number of thiazole rings is 1. The van der Waals surface area contributed by atoms with Crippen LogP contribution in [0.1, 0.15) is 5.69 Å². The number of fused-ring (bicyclic) bond motifs is 1. The van der Waals surface area contributed by atoms with Crippen molar-refractivity contribution in [2.75, 3.05) is 33.6 Å². The van der Waals surface area contributed by atoms with Crippen molar-refractivity contribution in [3.8, 4) is 22.1 Å². The van der Waals surface area contributed by atoms with Gasteiger partial charge in [-0.3, -0.25) is 9.59 Å². The van der Waals surface area contributed by atoms with Gasteiger partial charge >= 0.3 is 5.97 Å². The van der Waals surface area contributed by atoms with Gasteiger partial charge < -0.3 is 24.2 Å². The van der Waals surface area contributed by atoms with E-state index in [0.717, 1.165) is 10.6 Å². The fraction of sp³-hybridized carbons (Fsp3) is 0.353. The average molecular weight is 378 g/mol. The van der Waals surface area contributed by atoms with Crippen molar-refractivity contribution in [2.24, 2.45) is 0 Å². The van der Waals surface area contributed by atoms with Crippen LogP contribution in [0.5, 0.6) is 11.5 Å². The molecule has 0 bridgehead atoms. The lowest BCUT2D eigenvalue weighted by Crippen LogP contribution is -2.38. The van der Waals surface area contributed by atoms with Crippen molar-refractivity contribution in [3.05, 3.63) is 29.3 Å². The summed E-state index contributed by atoms with van der Waals surface area (Å²) in [7, 11) is 1.50. The number of carbonyl (C=O) groups excluding carboxylic acids is 1. The van der Waals surface area contributed by atoms with E-state index >= 15 is 0 Å². The first-order chi connectivity index (χ1) is 12.6. The van der Waals surface area contributed by atoms with Crippen LogP contribution in [0.2, 0.25) is 0 Å². The summed E-state index contributed by atoms with van der Waals surface area (Å²) in [5.74, 6) is 0.00598. The number of carboxylic acid groups (broad SMARTS) is 1. The number of carboxylic acids is 1.